The number of hydrogen-bond donors (Lipinski definition) is 2. The molecule has 3 N–H and O–H groups in total. The summed E-state index contributed by atoms with van der Waals surface area (Å²) in [6.45, 7) is 2.38. The molecule has 0 bridgehead atoms. The van der Waals surface area contributed by atoms with Crippen molar-refractivity contribution >= 4 is 22.6 Å². The third-order valence-electron chi connectivity index (χ3n) is 6.65. The van der Waals surface area contributed by atoms with Crippen molar-refractivity contribution in [2.24, 2.45) is 5.92 Å². The standard InChI is InChI=1S/C26H25F3N6O/c1-15-8-18-10-17(3-7-21(18)34-24(15)30)25(36)35(12-16-2-6-22-23(9-16)33-14-32-22)13-20-5-4-19(11-31-20)26(27,28)29/h3-5,7-8,10-11,14,16H,2,6,9,12-13H2,1H3,(H2,30,34)(H,32,33). The van der Waals surface area contributed by atoms with Crippen LogP contribution in [0.25, 0.3) is 10.9 Å². The number of fused-ring (bicyclic) bond motifs is 2. The summed E-state index contributed by atoms with van der Waals surface area (Å²) >= 11 is 0. The van der Waals surface area contributed by atoms with Gasteiger partial charge in [-0.25, -0.2) is 9.97 Å². The number of nitrogen functional groups attached to an aromatic ring is 1. The van der Waals surface area contributed by atoms with E-state index < -0.39 is 11.7 Å². The van der Waals surface area contributed by atoms with Crippen LogP contribution in [-0.4, -0.2) is 37.3 Å². The van der Waals surface area contributed by atoms with E-state index in [4.69, 9.17) is 5.73 Å². The number of anilines is 1. The van der Waals surface area contributed by atoms with Gasteiger partial charge in [0.1, 0.15) is 5.82 Å². The molecule has 0 radical (unpaired) electrons. The first-order valence-electron chi connectivity index (χ1n) is 11.7. The number of nitrogens with one attached hydrogen (secondary N) is 1. The monoisotopic (exact) mass is 494 g/mol. The van der Waals surface area contributed by atoms with Crippen molar-refractivity contribution in [2.45, 2.75) is 38.9 Å². The first-order valence-corrected chi connectivity index (χ1v) is 11.7. The molecule has 1 atom stereocenters. The number of rotatable bonds is 5. The Morgan fingerprint density at radius 2 is 2.03 bits per heavy atom. The van der Waals surface area contributed by atoms with Crippen molar-refractivity contribution in [3.05, 3.63) is 82.7 Å². The number of nitrogens with two attached hydrogens (primary N) is 1. The van der Waals surface area contributed by atoms with E-state index in [-0.39, 0.29) is 18.4 Å². The Bertz CT molecular complexity index is 1410. The van der Waals surface area contributed by atoms with Gasteiger partial charge in [0.25, 0.3) is 5.91 Å². The van der Waals surface area contributed by atoms with Gasteiger partial charge in [-0.05, 0) is 74.1 Å². The minimum Gasteiger partial charge on any atom is -0.383 e. The van der Waals surface area contributed by atoms with Crippen LogP contribution in [0.5, 0.6) is 0 Å². The molecule has 1 unspecified atom stereocenters. The van der Waals surface area contributed by atoms with Gasteiger partial charge in [0.2, 0.25) is 0 Å². The number of aryl methyl sites for hydroxylation is 2. The number of carbonyl (C=O) groups excluding carboxylic acids is 1. The molecule has 7 nitrogen and oxygen atoms in total. The van der Waals surface area contributed by atoms with E-state index in [0.29, 0.717) is 29.1 Å². The fraction of sp³-hybridized carbons (Fsp3) is 0.308. The van der Waals surface area contributed by atoms with Crippen LogP contribution in [0.3, 0.4) is 0 Å². The second-order valence-corrected chi connectivity index (χ2v) is 9.26. The molecule has 1 aromatic carbocycles. The molecular formula is C26H25F3N6O. The first kappa shape index (κ1) is 23.8. The van der Waals surface area contributed by atoms with Gasteiger partial charge < -0.3 is 15.6 Å². The number of aromatic amines is 1. The van der Waals surface area contributed by atoms with E-state index in [9.17, 15) is 18.0 Å². The van der Waals surface area contributed by atoms with Crippen LogP contribution in [0.2, 0.25) is 0 Å². The Hall–Kier alpha value is -3.95. The molecule has 0 aliphatic heterocycles. The van der Waals surface area contributed by atoms with Gasteiger partial charge in [-0.15, -0.1) is 0 Å². The zero-order valence-electron chi connectivity index (χ0n) is 19.6. The molecule has 36 heavy (non-hydrogen) atoms. The second kappa shape index (κ2) is 9.25. The fourth-order valence-electron chi connectivity index (χ4n) is 4.65. The molecule has 4 aromatic rings. The lowest BCUT2D eigenvalue weighted by Crippen LogP contribution is -2.37. The molecule has 3 aromatic heterocycles. The highest BCUT2D eigenvalue weighted by molar-refractivity contribution is 5.98. The predicted octanol–water partition coefficient (Wildman–Crippen LogP) is 4.71. The maximum absolute atomic E-state index is 13.7. The zero-order chi connectivity index (χ0) is 25.4. The Kier molecular flexibility index (Phi) is 6.11. The van der Waals surface area contributed by atoms with Crippen molar-refractivity contribution in [2.75, 3.05) is 12.3 Å². The molecule has 0 saturated heterocycles. The molecule has 5 rings (SSSR count). The largest absolute Gasteiger partial charge is 0.417 e. The number of carbonyl (C=O) groups is 1. The van der Waals surface area contributed by atoms with E-state index in [1.54, 1.807) is 29.4 Å². The number of H-pyrrole nitrogens is 1. The van der Waals surface area contributed by atoms with Gasteiger partial charge in [-0.2, -0.15) is 13.2 Å². The number of pyridine rings is 2. The fourth-order valence-corrected chi connectivity index (χ4v) is 4.65. The zero-order valence-corrected chi connectivity index (χ0v) is 19.6. The molecule has 0 saturated carbocycles. The summed E-state index contributed by atoms with van der Waals surface area (Å²) in [5.41, 5.74) is 9.56. The van der Waals surface area contributed by atoms with E-state index in [0.717, 1.165) is 53.9 Å². The summed E-state index contributed by atoms with van der Waals surface area (Å²) in [4.78, 5) is 31.3. The highest BCUT2D eigenvalue weighted by Crippen LogP contribution is 2.29. The molecule has 3 heterocycles. The van der Waals surface area contributed by atoms with Gasteiger partial charge in [0.05, 0.1) is 35.3 Å². The summed E-state index contributed by atoms with van der Waals surface area (Å²) in [6.07, 6.45) is 0.458. The molecule has 0 spiro atoms. The number of alkyl halides is 3. The molecule has 10 heteroatoms. The molecule has 1 aliphatic carbocycles. The highest BCUT2D eigenvalue weighted by atomic mass is 19.4. The Balaban J connectivity index is 1.43. The number of benzene rings is 1. The predicted molar refractivity (Wildman–Crippen MR) is 129 cm³/mol. The molecule has 1 amide bonds. The van der Waals surface area contributed by atoms with Gasteiger partial charge in [0.15, 0.2) is 0 Å². The minimum atomic E-state index is -4.47. The maximum Gasteiger partial charge on any atom is 0.417 e. The van der Waals surface area contributed by atoms with Crippen LogP contribution in [0.4, 0.5) is 19.0 Å². The molecule has 0 fully saturated rings. The summed E-state index contributed by atoms with van der Waals surface area (Å²) in [5.74, 6) is 0.385. The third-order valence-corrected chi connectivity index (χ3v) is 6.65. The summed E-state index contributed by atoms with van der Waals surface area (Å²) in [5, 5.41) is 0.791. The SMILES string of the molecule is Cc1cc2cc(C(=O)N(Cc3ccc(C(F)(F)F)cn3)CC3CCc4[nH]cnc4C3)ccc2nc1N. The topological polar surface area (TPSA) is 101 Å². The van der Waals surface area contributed by atoms with Crippen molar-refractivity contribution in [1.29, 1.82) is 0 Å². The lowest BCUT2D eigenvalue weighted by atomic mass is 9.89. The average molecular weight is 495 g/mol. The van der Waals surface area contributed by atoms with Crippen LogP contribution in [0.15, 0.2) is 48.9 Å². The summed E-state index contributed by atoms with van der Waals surface area (Å²) < 4.78 is 39.0. The number of hydrogen-bond acceptors (Lipinski definition) is 5. The summed E-state index contributed by atoms with van der Waals surface area (Å²) in [6, 6.07) is 9.44. The Labute approximate surface area is 205 Å². The number of aromatic nitrogens is 4. The highest BCUT2D eigenvalue weighted by Gasteiger charge is 2.31. The lowest BCUT2D eigenvalue weighted by molar-refractivity contribution is -0.137. The normalized spacial score (nSPS) is 15.6. The van der Waals surface area contributed by atoms with Crippen molar-refractivity contribution in [3.63, 3.8) is 0 Å². The van der Waals surface area contributed by atoms with Crippen molar-refractivity contribution in [1.82, 2.24) is 24.8 Å². The van der Waals surface area contributed by atoms with Crippen LogP contribution in [0.1, 0.15) is 45.0 Å². The quantitative estimate of drug-likeness (QED) is 0.419. The number of amides is 1. The van der Waals surface area contributed by atoms with E-state index in [2.05, 4.69) is 19.9 Å². The van der Waals surface area contributed by atoms with Gasteiger partial charge in [-0.1, -0.05) is 0 Å². The Morgan fingerprint density at radius 1 is 1.19 bits per heavy atom. The van der Waals surface area contributed by atoms with E-state index >= 15 is 0 Å². The van der Waals surface area contributed by atoms with Gasteiger partial charge >= 0.3 is 6.18 Å². The maximum atomic E-state index is 13.7. The molecule has 1 aliphatic rings. The van der Waals surface area contributed by atoms with Crippen LogP contribution in [-0.2, 0) is 25.6 Å². The average Bonchev–Trinajstić information content (AvgIpc) is 3.31. The lowest BCUT2D eigenvalue weighted by Gasteiger charge is -2.29. The van der Waals surface area contributed by atoms with Crippen LogP contribution < -0.4 is 5.73 Å². The smallest absolute Gasteiger partial charge is 0.383 e. The Morgan fingerprint density at radius 3 is 2.78 bits per heavy atom. The van der Waals surface area contributed by atoms with E-state index in [1.807, 2.05) is 13.0 Å². The van der Waals surface area contributed by atoms with Crippen LogP contribution >= 0.6 is 0 Å². The minimum absolute atomic E-state index is 0.0952. The van der Waals surface area contributed by atoms with Crippen LogP contribution in [0, 0.1) is 12.8 Å². The van der Waals surface area contributed by atoms with Crippen molar-refractivity contribution < 1.29 is 18.0 Å². The second-order valence-electron chi connectivity index (χ2n) is 9.26. The number of nitrogens with zero attached hydrogens (tertiary/aromatic N) is 4. The van der Waals surface area contributed by atoms with Crippen molar-refractivity contribution in [3.8, 4) is 0 Å². The molecular weight excluding hydrogens is 469 g/mol. The third kappa shape index (κ3) is 4.89. The van der Waals surface area contributed by atoms with Gasteiger partial charge in [-0.3, -0.25) is 9.78 Å². The number of halogens is 3. The summed E-state index contributed by atoms with van der Waals surface area (Å²) in [7, 11) is 0. The first-order chi connectivity index (χ1) is 17.2. The molecule has 186 valence electrons. The number of imidazole rings is 1. The van der Waals surface area contributed by atoms with E-state index in [1.165, 1.54) is 6.07 Å². The van der Waals surface area contributed by atoms with Gasteiger partial charge in [0, 0.05) is 29.4 Å².